The number of anilines is 2. The van der Waals surface area contributed by atoms with Crippen molar-refractivity contribution in [1.82, 2.24) is 5.32 Å². The average Bonchev–Trinajstić information content (AvgIpc) is 2.86. The molecule has 9 nitrogen and oxygen atoms in total. The number of para-hydroxylation sites is 1. The molecule has 0 spiro atoms. The molecular weight excluding hydrogens is 518 g/mol. The van der Waals surface area contributed by atoms with Crippen LogP contribution in [0.5, 0.6) is 11.5 Å². The van der Waals surface area contributed by atoms with Gasteiger partial charge in [-0.3, -0.25) is 13.9 Å². The first-order valence-electron chi connectivity index (χ1n) is 11.2. The van der Waals surface area contributed by atoms with E-state index in [1.165, 1.54) is 6.07 Å². The van der Waals surface area contributed by atoms with Crippen LogP contribution in [0.4, 0.5) is 11.4 Å². The molecule has 0 aliphatic rings. The number of rotatable bonds is 11. The monoisotopic (exact) mass is 545 g/mol. The molecule has 0 radical (unpaired) electrons. The smallest absolute Gasteiger partial charge is 0.253 e. The Kier molecular flexibility index (Phi) is 9.37. The van der Waals surface area contributed by atoms with Crippen LogP contribution >= 0.6 is 11.6 Å². The highest BCUT2D eigenvalue weighted by Gasteiger charge is 2.22. The first-order chi connectivity index (χ1) is 17.6. The number of nitrogens with one attached hydrogen (secondary N) is 2. The molecular formula is C26H28ClN3O6S. The van der Waals surface area contributed by atoms with Gasteiger partial charge in [0.1, 0.15) is 6.54 Å². The zero-order chi connectivity index (χ0) is 27.0. The van der Waals surface area contributed by atoms with Crippen LogP contribution in [-0.2, 0) is 21.2 Å². The predicted octanol–water partition coefficient (Wildman–Crippen LogP) is 3.73. The van der Waals surface area contributed by atoms with Gasteiger partial charge in [-0.1, -0.05) is 35.9 Å². The molecule has 3 aromatic carbocycles. The van der Waals surface area contributed by atoms with Crippen molar-refractivity contribution in [2.24, 2.45) is 0 Å². The highest BCUT2D eigenvalue weighted by molar-refractivity contribution is 7.92. The molecule has 0 unspecified atom stereocenters. The number of benzene rings is 3. The van der Waals surface area contributed by atoms with Crippen LogP contribution in [0.25, 0.3) is 0 Å². The van der Waals surface area contributed by atoms with Crippen molar-refractivity contribution in [3.63, 3.8) is 0 Å². The Morgan fingerprint density at radius 1 is 0.946 bits per heavy atom. The standard InChI is InChI=1S/C26H28ClN3O6S/c1-35-23-12-11-18(15-24(23)36-2)13-14-28-26(32)21-9-4-5-10-22(21)29-25(31)17-30(37(3,33)34)20-8-6-7-19(27)16-20/h4-12,15-16H,13-14,17H2,1-3H3,(H,28,32)(H,29,31). The molecule has 0 aliphatic carbocycles. The molecule has 0 heterocycles. The normalized spacial score (nSPS) is 10.9. The van der Waals surface area contributed by atoms with Gasteiger partial charge in [-0.2, -0.15) is 0 Å². The topological polar surface area (TPSA) is 114 Å². The number of amides is 2. The summed E-state index contributed by atoms with van der Waals surface area (Å²) < 4.78 is 36.2. The summed E-state index contributed by atoms with van der Waals surface area (Å²) in [5.41, 5.74) is 1.71. The van der Waals surface area contributed by atoms with E-state index in [0.29, 0.717) is 29.5 Å². The number of carbonyl (C=O) groups is 2. The zero-order valence-electron chi connectivity index (χ0n) is 20.7. The van der Waals surface area contributed by atoms with Gasteiger partial charge < -0.3 is 20.1 Å². The predicted molar refractivity (Wildman–Crippen MR) is 144 cm³/mol. The van der Waals surface area contributed by atoms with Crippen LogP contribution in [0.3, 0.4) is 0 Å². The third kappa shape index (κ3) is 7.61. The quantitative estimate of drug-likeness (QED) is 0.379. The summed E-state index contributed by atoms with van der Waals surface area (Å²) in [5.74, 6) is 0.215. The van der Waals surface area contributed by atoms with E-state index in [9.17, 15) is 18.0 Å². The number of carbonyl (C=O) groups excluding carboxylic acids is 2. The first-order valence-corrected chi connectivity index (χ1v) is 13.5. The maximum atomic E-state index is 12.9. The van der Waals surface area contributed by atoms with Gasteiger partial charge in [-0.25, -0.2) is 8.42 Å². The SMILES string of the molecule is COc1ccc(CCNC(=O)c2ccccc2NC(=O)CN(c2cccc(Cl)c2)S(C)(=O)=O)cc1OC. The molecule has 196 valence electrons. The van der Waals surface area contributed by atoms with Crippen molar-refractivity contribution >= 4 is 44.8 Å². The second kappa shape index (κ2) is 12.5. The van der Waals surface area contributed by atoms with Crippen LogP contribution in [-0.4, -0.2) is 53.8 Å². The molecule has 0 saturated carbocycles. The third-order valence-electron chi connectivity index (χ3n) is 5.38. The summed E-state index contributed by atoms with van der Waals surface area (Å²) in [6.07, 6.45) is 1.55. The maximum Gasteiger partial charge on any atom is 0.253 e. The van der Waals surface area contributed by atoms with E-state index in [-0.39, 0.29) is 22.8 Å². The molecule has 0 aliphatic heterocycles. The molecule has 11 heteroatoms. The van der Waals surface area contributed by atoms with Crippen molar-refractivity contribution in [2.75, 3.05) is 43.2 Å². The number of methoxy groups -OCH3 is 2. The van der Waals surface area contributed by atoms with Gasteiger partial charge in [0, 0.05) is 11.6 Å². The minimum absolute atomic E-state index is 0.247. The highest BCUT2D eigenvalue weighted by Crippen LogP contribution is 2.27. The minimum Gasteiger partial charge on any atom is -0.493 e. The summed E-state index contributed by atoms with van der Waals surface area (Å²) in [5, 5.41) is 5.82. The molecule has 0 fully saturated rings. The van der Waals surface area contributed by atoms with Crippen molar-refractivity contribution < 1.29 is 27.5 Å². The average molecular weight is 546 g/mol. The Labute approximate surface area is 221 Å². The lowest BCUT2D eigenvalue weighted by Gasteiger charge is -2.22. The Bertz CT molecular complexity index is 1380. The van der Waals surface area contributed by atoms with Crippen LogP contribution in [0.2, 0.25) is 5.02 Å². The van der Waals surface area contributed by atoms with Crippen LogP contribution in [0, 0.1) is 0 Å². The second-order valence-corrected chi connectivity index (χ2v) is 10.4. The van der Waals surface area contributed by atoms with Crippen molar-refractivity contribution in [1.29, 1.82) is 0 Å². The van der Waals surface area contributed by atoms with Crippen molar-refractivity contribution in [2.45, 2.75) is 6.42 Å². The van der Waals surface area contributed by atoms with E-state index in [1.807, 2.05) is 12.1 Å². The fraction of sp³-hybridized carbons (Fsp3) is 0.231. The van der Waals surface area contributed by atoms with Gasteiger partial charge in [0.15, 0.2) is 11.5 Å². The number of ether oxygens (including phenoxy) is 2. The minimum atomic E-state index is -3.78. The molecule has 0 aromatic heterocycles. The first kappa shape index (κ1) is 27.8. The molecule has 0 atom stereocenters. The number of nitrogens with zero attached hydrogens (tertiary/aromatic N) is 1. The molecule has 37 heavy (non-hydrogen) atoms. The van der Waals surface area contributed by atoms with Gasteiger partial charge in [-0.05, 0) is 54.4 Å². The van der Waals surface area contributed by atoms with Gasteiger partial charge in [0.25, 0.3) is 5.91 Å². The van der Waals surface area contributed by atoms with Crippen molar-refractivity contribution in [3.8, 4) is 11.5 Å². The van der Waals surface area contributed by atoms with E-state index in [0.717, 1.165) is 16.1 Å². The molecule has 2 amide bonds. The van der Waals surface area contributed by atoms with Crippen LogP contribution in [0.1, 0.15) is 15.9 Å². The van der Waals surface area contributed by atoms with E-state index in [4.69, 9.17) is 21.1 Å². The Hall–Kier alpha value is -3.76. The summed E-state index contributed by atoms with van der Waals surface area (Å²) in [6, 6.07) is 18.2. The van der Waals surface area contributed by atoms with Crippen LogP contribution in [0.15, 0.2) is 66.7 Å². The van der Waals surface area contributed by atoms with Crippen molar-refractivity contribution in [3.05, 3.63) is 82.9 Å². The summed E-state index contributed by atoms with van der Waals surface area (Å²) >= 11 is 5.99. The van der Waals surface area contributed by atoms with Crippen LogP contribution < -0.4 is 24.4 Å². The number of hydrogen-bond donors (Lipinski definition) is 2. The molecule has 3 aromatic rings. The fourth-order valence-electron chi connectivity index (χ4n) is 3.59. The van der Waals surface area contributed by atoms with E-state index >= 15 is 0 Å². The van der Waals surface area contributed by atoms with E-state index in [1.54, 1.807) is 62.8 Å². The third-order valence-corrected chi connectivity index (χ3v) is 6.75. The van der Waals surface area contributed by atoms with Gasteiger partial charge in [-0.15, -0.1) is 0 Å². The molecule has 2 N–H and O–H groups in total. The lowest BCUT2D eigenvalue weighted by molar-refractivity contribution is -0.114. The Morgan fingerprint density at radius 2 is 1.68 bits per heavy atom. The van der Waals surface area contributed by atoms with E-state index < -0.39 is 22.5 Å². The summed E-state index contributed by atoms with van der Waals surface area (Å²) in [4.78, 5) is 25.7. The number of halogens is 1. The molecule has 0 saturated heterocycles. The number of hydrogen-bond acceptors (Lipinski definition) is 6. The van der Waals surface area contributed by atoms with E-state index in [2.05, 4.69) is 10.6 Å². The Morgan fingerprint density at radius 3 is 2.35 bits per heavy atom. The highest BCUT2D eigenvalue weighted by atomic mass is 35.5. The lowest BCUT2D eigenvalue weighted by atomic mass is 10.1. The fourth-order valence-corrected chi connectivity index (χ4v) is 4.63. The number of sulfonamides is 1. The summed E-state index contributed by atoms with van der Waals surface area (Å²) in [7, 11) is -0.665. The molecule has 0 bridgehead atoms. The largest absolute Gasteiger partial charge is 0.493 e. The summed E-state index contributed by atoms with van der Waals surface area (Å²) in [6.45, 7) is -0.151. The molecule has 3 rings (SSSR count). The zero-order valence-corrected chi connectivity index (χ0v) is 22.2. The van der Waals surface area contributed by atoms with Gasteiger partial charge in [0.05, 0.1) is 37.4 Å². The lowest BCUT2D eigenvalue weighted by Crippen LogP contribution is -2.37. The maximum absolute atomic E-state index is 12.9. The Balaban J connectivity index is 1.67. The van der Waals surface area contributed by atoms with Gasteiger partial charge >= 0.3 is 0 Å². The van der Waals surface area contributed by atoms with Gasteiger partial charge in [0.2, 0.25) is 15.9 Å². The second-order valence-electron chi connectivity index (χ2n) is 8.04.